The molecule has 2 fully saturated rings. The molecule has 1 N–H and O–H groups in total. The Morgan fingerprint density at radius 3 is 2.34 bits per heavy atom. The molecule has 0 aromatic carbocycles. The maximum atomic E-state index is 13.1. The average Bonchev–Trinajstić information content (AvgIpc) is 2.98. The van der Waals surface area contributed by atoms with E-state index in [9.17, 15) is 18.0 Å². The molecule has 1 saturated heterocycles. The molecule has 0 bridgehead atoms. The molecule has 0 radical (unpaired) electrons. The number of amides is 1. The maximum absolute atomic E-state index is 13.1. The molecule has 10 heteroatoms. The molecule has 0 atom stereocenters. The summed E-state index contributed by atoms with van der Waals surface area (Å²) in [4.78, 5) is 14.5. The van der Waals surface area contributed by atoms with E-state index in [2.05, 4.69) is 20.6 Å². The minimum absolute atomic E-state index is 0.0544. The fraction of sp³-hybridized carbons (Fsp3) is 0.684. The van der Waals surface area contributed by atoms with Crippen molar-refractivity contribution in [2.45, 2.75) is 63.6 Å². The normalized spacial score (nSPS) is 20.0. The third-order valence-corrected chi connectivity index (χ3v) is 5.89. The molecule has 2 aliphatic rings. The predicted molar refractivity (Wildman–Crippen MR) is 100 cm³/mol. The van der Waals surface area contributed by atoms with Gasteiger partial charge in [-0.3, -0.25) is 4.79 Å². The van der Waals surface area contributed by atoms with Gasteiger partial charge in [0.1, 0.15) is 5.82 Å². The molecule has 7 nitrogen and oxygen atoms in total. The molecule has 0 spiro atoms. The van der Waals surface area contributed by atoms with E-state index < -0.39 is 12.0 Å². The quantitative estimate of drug-likeness (QED) is 0.787. The van der Waals surface area contributed by atoms with Crippen LogP contribution in [0.2, 0.25) is 0 Å². The Bertz CT molecular complexity index is 851. The van der Waals surface area contributed by atoms with Crippen LogP contribution in [0.15, 0.2) is 12.1 Å². The third kappa shape index (κ3) is 4.45. The minimum Gasteiger partial charge on any atom is -0.355 e. The molecule has 4 rings (SSSR count). The van der Waals surface area contributed by atoms with Crippen LogP contribution in [0, 0.1) is 5.92 Å². The van der Waals surface area contributed by atoms with E-state index in [0.717, 1.165) is 17.4 Å². The van der Waals surface area contributed by atoms with Gasteiger partial charge in [0, 0.05) is 25.0 Å². The topological polar surface area (TPSA) is 75.4 Å². The van der Waals surface area contributed by atoms with Crippen LogP contribution < -0.4 is 10.2 Å². The second-order valence-corrected chi connectivity index (χ2v) is 7.94. The molecule has 3 heterocycles. The number of piperidine rings is 1. The number of aromatic nitrogens is 4. The molecule has 0 unspecified atom stereocenters. The number of nitrogens with zero attached hydrogens (tertiary/aromatic N) is 5. The van der Waals surface area contributed by atoms with Gasteiger partial charge in [0.15, 0.2) is 5.65 Å². The van der Waals surface area contributed by atoms with Crippen LogP contribution in [0.25, 0.3) is 5.65 Å². The fourth-order valence-electron chi connectivity index (χ4n) is 4.24. The summed E-state index contributed by atoms with van der Waals surface area (Å²) in [5.41, 5.74) is 0.0544. The van der Waals surface area contributed by atoms with Crippen molar-refractivity contribution in [3.63, 3.8) is 0 Å². The number of rotatable bonds is 3. The highest BCUT2D eigenvalue weighted by atomic mass is 19.4. The van der Waals surface area contributed by atoms with Gasteiger partial charge in [0.25, 0.3) is 5.82 Å². The monoisotopic (exact) mass is 410 g/mol. The molecule has 1 amide bonds. The number of anilines is 1. The second-order valence-electron chi connectivity index (χ2n) is 7.94. The lowest BCUT2D eigenvalue weighted by Crippen LogP contribution is -2.44. The van der Waals surface area contributed by atoms with E-state index >= 15 is 0 Å². The van der Waals surface area contributed by atoms with E-state index in [-0.39, 0.29) is 23.5 Å². The summed E-state index contributed by atoms with van der Waals surface area (Å²) >= 11 is 0. The van der Waals surface area contributed by atoms with Gasteiger partial charge in [0.2, 0.25) is 5.91 Å². The lowest BCUT2D eigenvalue weighted by Gasteiger charge is -2.32. The van der Waals surface area contributed by atoms with Crippen LogP contribution in [-0.2, 0) is 11.0 Å². The van der Waals surface area contributed by atoms with E-state index in [0.29, 0.717) is 31.7 Å². The van der Waals surface area contributed by atoms with Crippen LogP contribution in [0.1, 0.15) is 57.2 Å². The Hall–Kier alpha value is -2.39. The smallest absolute Gasteiger partial charge is 0.355 e. The summed E-state index contributed by atoms with van der Waals surface area (Å²) in [6, 6.07) is 3.41. The Kier molecular flexibility index (Phi) is 5.60. The van der Waals surface area contributed by atoms with Gasteiger partial charge in [-0.05, 0) is 37.8 Å². The lowest BCUT2D eigenvalue weighted by atomic mass is 9.95. The van der Waals surface area contributed by atoms with Crippen molar-refractivity contribution in [1.82, 2.24) is 25.1 Å². The van der Waals surface area contributed by atoms with Crippen LogP contribution in [0.4, 0.5) is 19.0 Å². The number of alkyl halides is 3. The first-order valence-electron chi connectivity index (χ1n) is 10.3. The molecule has 2 aromatic rings. The van der Waals surface area contributed by atoms with Crippen LogP contribution in [0.3, 0.4) is 0 Å². The Balaban J connectivity index is 1.38. The molecule has 2 aromatic heterocycles. The van der Waals surface area contributed by atoms with Crippen molar-refractivity contribution in [3.05, 3.63) is 18.0 Å². The van der Waals surface area contributed by atoms with Gasteiger partial charge in [-0.15, -0.1) is 15.3 Å². The highest BCUT2D eigenvalue weighted by molar-refractivity contribution is 5.79. The largest absolute Gasteiger partial charge is 0.453 e. The van der Waals surface area contributed by atoms with E-state index in [1.54, 1.807) is 6.07 Å². The second kappa shape index (κ2) is 8.16. The Labute approximate surface area is 166 Å². The predicted octanol–water partition coefficient (Wildman–Crippen LogP) is 3.20. The highest BCUT2D eigenvalue weighted by Crippen LogP contribution is 2.29. The van der Waals surface area contributed by atoms with Crippen molar-refractivity contribution in [2.24, 2.45) is 5.92 Å². The number of nitrogens with one attached hydrogen (secondary N) is 1. The van der Waals surface area contributed by atoms with Gasteiger partial charge in [0.05, 0.1) is 0 Å². The molecule has 1 aliphatic heterocycles. The summed E-state index contributed by atoms with van der Waals surface area (Å²) in [5.74, 6) is -0.644. The number of carbonyl (C=O) groups is 1. The van der Waals surface area contributed by atoms with Gasteiger partial charge in [-0.25, -0.2) is 0 Å². The number of carbonyl (C=O) groups excluding carboxylic acids is 1. The number of halogens is 3. The number of hydrogen-bond acceptors (Lipinski definition) is 5. The average molecular weight is 410 g/mol. The summed E-state index contributed by atoms with van der Waals surface area (Å²) in [5, 5.41) is 14.0. The molecule has 158 valence electrons. The third-order valence-electron chi connectivity index (χ3n) is 5.89. The Morgan fingerprint density at radius 2 is 1.69 bits per heavy atom. The molecular formula is C19H25F3N6O. The summed E-state index contributed by atoms with van der Waals surface area (Å²) in [6.07, 6.45) is 3.62. The van der Waals surface area contributed by atoms with E-state index in [1.165, 1.54) is 31.7 Å². The first kappa shape index (κ1) is 19.9. The lowest BCUT2D eigenvalue weighted by molar-refractivity contribution is -0.146. The molecule has 29 heavy (non-hydrogen) atoms. The fourth-order valence-corrected chi connectivity index (χ4v) is 4.24. The zero-order chi connectivity index (χ0) is 20.4. The minimum atomic E-state index is -4.62. The van der Waals surface area contributed by atoms with Crippen molar-refractivity contribution in [1.29, 1.82) is 0 Å². The van der Waals surface area contributed by atoms with Crippen molar-refractivity contribution >= 4 is 17.4 Å². The Morgan fingerprint density at radius 1 is 1.00 bits per heavy atom. The van der Waals surface area contributed by atoms with E-state index in [4.69, 9.17) is 0 Å². The van der Waals surface area contributed by atoms with Crippen molar-refractivity contribution in [2.75, 3.05) is 18.0 Å². The first-order chi connectivity index (χ1) is 13.9. The summed E-state index contributed by atoms with van der Waals surface area (Å²) < 4.78 is 39.9. The van der Waals surface area contributed by atoms with Gasteiger partial charge >= 0.3 is 6.18 Å². The van der Waals surface area contributed by atoms with Crippen LogP contribution in [0.5, 0.6) is 0 Å². The highest BCUT2D eigenvalue weighted by Gasteiger charge is 2.38. The van der Waals surface area contributed by atoms with Crippen molar-refractivity contribution < 1.29 is 18.0 Å². The maximum Gasteiger partial charge on any atom is 0.453 e. The summed E-state index contributed by atoms with van der Waals surface area (Å²) in [7, 11) is 0. The van der Waals surface area contributed by atoms with Crippen LogP contribution >= 0.6 is 0 Å². The number of hydrogen-bond donors (Lipinski definition) is 1. The molecule has 1 saturated carbocycles. The van der Waals surface area contributed by atoms with Crippen molar-refractivity contribution in [3.8, 4) is 0 Å². The van der Waals surface area contributed by atoms with Gasteiger partial charge < -0.3 is 10.2 Å². The van der Waals surface area contributed by atoms with Crippen LogP contribution in [-0.4, -0.2) is 44.8 Å². The zero-order valence-electron chi connectivity index (χ0n) is 16.2. The molecular weight excluding hydrogens is 385 g/mol. The molecule has 1 aliphatic carbocycles. The SMILES string of the molecule is O=C(NC1CCCCCC1)C1CCN(c2ccc3nnc(C(F)(F)F)n3n2)CC1. The first-order valence-corrected chi connectivity index (χ1v) is 10.3. The standard InChI is InChI=1S/C19H25F3N6O/c20-19(21,22)18-25-24-15-7-8-16(26-28(15)18)27-11-9-13(10-12-27)17(29)23-14-5-3-1-2-4-6-14/h7-8,13-14H,1-6,9-12H2,(H,23,29). The van der Waals surface area contributed by atoms with Gasteiger partial charge in [-0.1, -0.05) is 25.7 Å². The summed E-state index contributed by atoms with van der Waals surface area (Å²) in [6.45, 7) is 1.15. The zero-order valence-corrected chi connectivity index (χ0v) is 16.2. The van der Waals surface area contributed by atoms with E-state index in [1.807, 2.05) is 4.90 Å². The van der Waals surface area contributed by atoms with Gasteiger partial charge in [-0.2, -0.15) is 17.7 Å². The number of fused-ring (bicyclic) bond motifs is 1.